The zero-order valence-electron chi connectivity index (χ0n) is 10.3. The summed E-state index contributed by atoms with van der Waals surface area (Å²) in [5.74, 6) is 1.97. The lowest BCUT2D eigenvalue weighted by molar-refractivity contribution is 0.394. The predicted molar refractivity (Wildman–Crippen MR) is 71.5 cm³/mol. The van der Waals surface area contributed by atoms with Crippen LogP contribution in [0.15, 0.2) is 24.3 Å². The highest BCUT2D eigenvalue weighted by molar-refractivity contribution is 5.70. The fraction of sp³-hybridized carbons (Fsp3) is 0.154. The Morgan fingerprint density at radius 2 is 1.72 bits per heavy atom. The summed E-state index contributed by atoms with van der Waals surface area (Å²) in [6, 6.07) is 7.41. The highest BCUT2D eigenvalue weighted by atomic mass is 16.5. The number of hydrogen-bond donors (Lipinski definition) is 2. The lowest BCUT2D eigenvalue weighted by atomic mass is 10.1. The molecule has 1 aromatic carbocycles. The quantitative estimate of drug-likeness (QED) is 0.865. The molecular formula is C13H15N3O2. The summed E-state index contributed by atoms with van der Waals surface area (Å²) in [5.41, 5.74) is 7.34. The fourth-order valence-electron chi connectivity index (χ4n) is 1.55. The van der Waals surface area contributed by atoms with Gasteiger partial charge in [0.2, 0.25) is 0 Å². The number of methoxy groups -OCH3 is 2. The summed E-state index contributed by atoms with van der Waals surface area (Å²) >= 11 is 0. The SMILES string of the molecule is COc1cc(C=Cc2cc(N)n[nH]2)cc(OC)c1. The zero-order chi connectivity index (χ0) is 13.0. The Bertz CT molecular complexity index is 539. The normalized spacial score (nSPS) is 10.8. The Balaban J connectivity index is 2.25. The van der Waals surface area contributed by atoms with E-state index in [9.17, 15) is 0 Å². The largest absolute Gasteiger partial charge is 0.497 e. The Kier molecular flexibility index (Phi) is 3.52. The second-order valence-corrected chi connectivity index (χ2v) is 3.73. The molecule has 0 amide bonds. The van der Waals surface area contributed by atoms with Crippen LogP contribution in [0.2, 0.25) is 0 Å². The van der Waals surface area contributed by atoms with Crippen molar-refractivity contribution in [2.24, 2.45) is 0 Å². The van der Waals surface area contributed by atoms with E-state index in [0.717, 1.165) is 22.8 Å². The van der Waals surface area contributed by atoms with Crippen molar-refractivity contribution in [3.63, 3.8) is 0 Å². The van der Waals surface area contributed by atoms with E-state index < -0.39 is 0 Å². The molecule has 0 bridgehead atoms. The Hall–Kier alpha value is -2.43. The smallest absolute Gasteiger partial charge is 0.145 e. The van der Waals surface area contributed by atoms with Gasteiger partial charge in [0.05, 0.1) is 19.9 Å². The van der Waals surface area contributed by atoms with Gasteiger partial charge in [-0.15, -0.1) is 0 Å². The van der Waals surface area contributed by atoms with Crippen molar-refractivity contribution in [3.8, 4) is 11.5 Å². The van der Waals surface area contributed by atoms with Crippen molar-refractivity contribution < 1.29 is 9.47 Å². The number of aromatic amines is 1. The molecule has 0 aliphatic carbocycles. The second kappa shape index (κ2) is 5.27. The van der Waals surface area contributed by atoms with Crippen molar-refractivity contribution in [1.29, 1.82) is 0 Å². The van der Waals surface area contributed by atoms with Crippen LogP contribution in [0.3, 0.4) is 0 Å². The van der Waals surface area contributed by atoms with Crippen molar-refractivity contribution in [2.75, 3.05) is 20.0 Å². The minimum Gasteiger partial charge on any atom is -0.497 e. The molecule has 94 valence electrons. The molecule has 0 fully saturated rings. The Labute approximate surface area is 105 Å². The summed E-state index contributed by atoms with van der Waals surface area (Å²) in [5, 5.41) is 6.66. The van der Waals surface area contributed by atoms with Crippen molar-refractivity contribution >= 4 is 18.0 Å². The summed E-state index contributed by atoms with van der Waals surface area (Å²) in [7, 11) is 3.25. The third-order valence-electron chi connectivity index (χ3n) is 2.45. The van der Waals surface area contributed by atoms with E-state index in [0.29, 0.717) is 5.82 Å². The molecule has 1 heterocycles. The van der Waals surface area contributed by atoms with Crippen molar-refractivity contribution in [1.82, 2.24) is 10.2 Å². The number of nitrogens with two attached hydrogens (primary N) is 1. The molecule has 0 saturated carbocycles. The van der Waals surface area contributed by atoms with Crippen LogP contribution < -0.4 is 15.2 Å². The molecule has 2 aromatic rings. The lowest BCUT2D eigenvalue weighted by Gasteiger charge is -2.05. The molecule has 1 aromatic heterocycles. The summed E-state index contributed by atoms with van der Waals surface area (Å²) < 4.78 is 10.4. The van der Waals surface area contributed by atoms with Gasteiger partial charge in [-0.1, -0.05) is 6.08 Å². The van der Waals surface area contributed by atoms with E-state index in [4.69, 9.17) is 15.2 Å². The topological polar surface area (TPSA) is 73.2 Å². The molecule has 2 rings (SSSR count). The van der Waals surface area contributed by atoms with Crippen LogP contribution in [0.25, 0.3) is 12.2 Å². The molecule has 0 aliphatic rings. The predicted octanol–water partition coefficient (Wildman–Crippen LogP) is 2.18. The first-order valence-corrected chi connectivity index (χ1v) is 5.43. The third kappa shape index (κ3) is 2.82. The molecule has 0 atom stereocenters. The van der Waals surface area contributed by atoms with Crippen LogP contribution in [-0.2, 0) is 0 Å². The minimum atomic E-state index is 0.470. The van der Waals surface area contributed by atoms with Crippen LogP contribution in [0.5, 0.6) is 11.5 Å². The van der Waals surface area contributed by atoms with Gasteiger partial charge in [0.1, 0.15) is 17.3 Å². The highest BCUT2D eigenvalue weighted by Gasteiger charge is 1.99. The van der Waals surface area contributed by atoms with Gasteiger partial charge in [-0.3, -0.25) is 5.10 Å². The van der Waals surface area contributed by atoms with Crippen molar-refractivity contribution in [2.45, 2.75) is 0 Å². The number of rotatable bonds is 4. The van der Waals surface area contributed by atoms with Gasteiger partial charge in [0.25, 0.3) is 0 Å². The summed E-state index contributed by atoms with van der Waals surface area (Å²) in [6.45, 7) is 0. The number of nitrogen functional groups attached to an aromatic ring is 1. The molecule has 5 nitrogen and oxygen atoms in total. The zero-order valence-corrected chi connectivity index (χ0v) is 10.3. The number of ether oxygens (including phenoxy) is 2. The average Bonchev–Trinajstić information content (AvgIpc) is 2.81. The number of hydrogen-bond acceptors (Lipinski definition) is 4. The third-order valence-corrected chi connectivity index (χ3v) is 2.45. The maximum atomic E-state index is 5.52. The minimum absolute atomic E-state index is 0.470. The van der Waals surface area contributed by atoms with Gasteiger partial charge >= 0.3 is 0 Å². The standard InChI is InChI=1S/C13H15N3O2/c1-17-11-5-9(6-12(8-11)18-2)3-4-10-7-13(14)16-15-10/h3-8H,1-2H3,(H3,14,15,16). The number of benzene rings is 1. The number of aromatic nitrogens is 2. The first-order chi connectivity index (χ1) is 8.71. The molecule has 0 saturated heterocycles. The molecule has 3 N–H and O–H groups in total. The summed E-state index contributed by atoms with van der Waals surface area (Å²) in [4.78, 5) is 0. The van der Waals surface area contributed by atoms with E-state index in [1.54, 1.807) is 20.3 Å². The van der Waals surface area contributed by atoms with Crippen molar-refractivity contribution in [3.05, 3.63) is 35.5 Å². The summed E-state index contributed by atoms with van der Waals surface area (Å²) in [6.07, 6.45) is 3.82. The maximum absolute atomic E-state index is 5.52. The Morgan fingerprint density at radius 3 is 2.22 bits per heavy atom. The number of anilines is 1. The number of H-pyrrole nitrogens is 1. The average molecular weight is 245 g/mol. The van der Waals surface area contributed by atoms with Crippen LogP contribution in [0.1, 0.15) is 11.3 Å². The van der Waals surface area contributed by atoms with Gasteiger partial charge in [0.15, 0.2) is 0 Å². The van der Waals surface area contributed by atoms with Crippen LogP contribution >= 0.6 is 0 Å². The molecule has 5 heteroatoms. The van der Waals surface area contributed by atoms with E-state index >= 15 is 0 Å². The van der Waals surface area contributed by atoms with Crippen LogP contribution in [0.4, 0.5) is 5.82 Å². The number of nitrogens with zero attached hydrogens (tertiary/aromatic N) is 1. The van der Waals surface area contributed by atoms with Gasteiger partial charge in [-0.2, -0.15) is 5.10 Å². The second-order valence-electron chi connectivity index (χ2n) is 3.73. The molecule has 18 heavy (non-hydrogen) atoms. The highest BCUT2D eigenvalue weighted by Crippen LogP contribution is 2.23. The molecule has 0 unspecified atom stereocenters. The van der Waals surface area contributed by atoms with Gasteiger partial charge in [-0.25, -0.2) is 0 Å². The van der Waals surface area contributed by atoms with Gasteiger partial charge in [0, 0.05) is 12.1 Å². The first kappa shape index (κ1) is 12.0. The molecule has 0 aliphatic heterocycles. The van der Waals surface area contributed by atoms with Crippen LogP contribution in [-0.4, -0.2) is 24.4 Å². The van der Waals surface area contributed by atoms with E-state index in [-0.39, 0.29) is 0 Å². The van der Waals surface area contributed by atoms with E-state index in [1.807, 2.05) is 30.4 Å². The first-order valence-electron chi connectivity index (χ1n) is 5.43. The van der Waals surface area contributed by atoms with Gasteiger partial charge < -0.3 is 15.2 Å². The molecular weight excluding hydrogens is 230 g/mol. The maximum Gasteiger partial charge on any atom is 0.145 e. The lowest BCUT2D eigenvalue weighted by Crippen LogP contribution is -1.88. The van der Waals surface area contributed by atoms with Crippen LogP contribution in [0, 0.1) is 0 Å². The monoisotopic (exact) mass is 245 g/mol. The van der Waals surface area contributed by atoms with Gasteiger partial charge in [-0.05, 0) is 23.8 Å². The van der Waals surface area contributed by atoms with E-state index in [1.165, 1.54) is 0 Å². The molecule has 0 spiro atoms. The Morgan fingerprint density at radius 1 is 1.06 bits per heavy atom. The fourth-order valence-corrected chi connectivity index (χ4v) is 1.55. The number of nitrogens with one attached hydrogen (secondary N) is 1. The molecule has 0 radical (unpaired) electrons. The van der Waals surface area contributed by atoms with E-state index in [2.05, 4.69) is 10.2 Å².